The van der Waals surface area contributed by atoms with Crippen LogP contribution in [0.1, 0.15) is 37.9 Å². The fourth-order valence-corrected chi connectivity index (χ4v) is 2.75. The van der Waals surface area contributed by atoms with Gasteiger partial charge in [0.2, 0.25) is 0 Å². The molecule has 1 unspecified atom stereocenters. The van der Waals surface area contributed by atoms with E-state index in [1.807, 2.05) is 11.7 Å². The second-order valence-electron chi connectivity index (χ2n) is 6.39. The van der Waals surface area contributed by atoms with E-state index in [0.717, 1.165) is 23.3 Å². The van der Waals surface area contributed by atoms with Gasteiger partial charge in [0.15, 0.2) is 4.60 Å². The van der Waals surface area contributed by atoms with Crippen molar-refractivity contribution in [1.29, 1.82) is 0 Å². The number of hydrogen-bond acceptors (Lipinski definition) is 3. The minimum Gasteiger partial charge on any atom is -0.311 e. The summed E-state index contributed by atoms with van der Waals surface area (Å²) in [4.78, 5) is 0. The van der Waals surface area contributed by atoms with E-state index < -0.39 is 0 Å². The van der Waals surface area contributed by atoms with Crippen LogP contribution < -0.4 is 5.32 Å². The molecule has 0 saturated carbocycles. The first-order valence-electron chi connectivity index (χ1n) is 7.21. The van der Waals surface area contributed by atoms with Crippen LogP contribution in [0.15, 0.2) is 34.9 Å². The molecule has 2 rings (SSSR count). The molecule has 0 amide bonds. The van der Waals surface area contributed by atoms with Gasteiger partial charge in [0.05, 0.1) is 5.69 Å². The molecule has 1 aromatic carbocycles. The first kappa shape index (κ1) is 16.2. The van der Waals surface area contributed by atoms with Crippen molar-refractivity contribution in [3.8, 4) is 0 Å². The van der Waals surface area contributed by atoms with Crippen LogP contribution in [0.25, 0.3) is 0 Å². The summed E-state index contributed by atoms with van der Waals surface area (Å²) in [6, 6.07) is 10.6. The van der Waals surface area contributed by atoms with E-state index in [1.54, 1.807) is 0 Å². The third-order valence-corrected chi connectivity index (χ3v) is 4.10. The summed E-state index contributed by atoms with van der Waals surface area (Å²) in [5, 5.41) is 11.8. The van der Waals surface area contributed by atoms with Crippen molar-refractivity contribution in [2.45, 2.75) is 38.6 Å². The highest BCUT2D eigenvalue weighted by Crippen LogP contribution is 2.24. The second-order valence-corrected chi connectivity index (χ2v) is 7.14. The summed E-state index contributed by atoms with van der Waals surface area (Å²) < 4.78 is 2.68. The van der Waals surface area contributed by atoms with Crippen molar-refractivity contribution < 1.29 is 0 Å². The van der Waals surface area contributed by atoms with Crippen molar-refractivity contribution in [3.63, 3.8) is 0 Å². The second kappa shape index (κ2) is 6.71. The third kappa shape index (κ3) is 4.64. The topological polar surface area (TPSA) is 42.7 Å². The quantitative estimate of drug-likeness (QED) is 0.899. The molecule has 0 aliphatic carbocycles. The Morgan fingerprint density at radius 3 is 2.43 bits per heavy atom. The molecule has 0 bridgehead atoms. The SMILES string of the molecule is Cn1nnc(Br)c1CC(CNC(C)(C)C)c1ccccc1. The van der Waals surface area contributed by atoms with Gasteiger partial charge < -0.3 is 5.32 Å². The van der Waals surface area contributed by atoms with Gasteiger partial charge in [0.25, 0.3) is 0 Å². The van der Waals surface area contributed by atoms with Gasteiger partial charge in [-0.3, -0.25) is 4.68 Å². The Balaban J connectivity index is 2.20. The lowest BCUT2D eigenvalue weighted by atomic mass is 9.93. The average molecular weight is 351 g/mol. The molecule has 1 atom stereocenters. The number of hydrogen-bond donors (Lipinski definition) is 1. The molecule has 4 nitrogen and oxygen atoms in total. The van der Waals surface area contributed by atoms with Crippen molar-refractivity contribution in [2.75, 3.05) is 6.54 Å². The molecule has 2 aromatic rings. The Morgan fingerprint density at radius 2 is 1.90 bits per heavy atom. The Labute approximate surface area is 135 Å². The molecular formula is C16H23BrN4. The lowest BCUT2D eigenvalue weighted by Gasteiger charge is -2.25. The number of benzene rings is 1. The predicted molar refractivity (Wildman–Crippen MR) is 89.3 cm³/mol. The molecule has 1 aromatic heterocycles. The highest BCUT2D eigenvalue weighted by atomic mass is 79.9. The summed E-state index contributed by atoms with van der Waals surface area (Å²) in [5.41, 5.74) is 2.57. The first-order valence-corrected chi connectivity index (χ1v) is 8.00. The zero-order valence-corrected chi connectivity index (χ0v) is 14.7. The maximum Gasteiger partial charge on any atom is 0.151 e. The van der Waals surface area contributed by atoms with Crippen LogP contribution in [-0.2, 0) is 13.5 Å². The molecule has 0 aliphatic heterocycles. The van der Waals surface area contributed by atoms with Crippen LogP contribution in [-0.4, -0.2) is 27.1 Å². The Hall–Kier alpha value is -1.20. The van der Waals surface area contributed by atoms with E-state index in [4.69, 9.17) is 0 Å². The zero-order chi connectivity index (χ0) is 15.5. The van der Waals surface area contributed by atoms with Crippen LogP contribution in [0.3, 0.4) is 0 Å². The van der Waals surface area contributed by atoms with Crippen molar-refractivity contribution in [1.82, 2.24) is 20.3 Å². The molecular weight excluding hydrogens is 328 g/mol. The number of nitrogens with one attached hydrogen (secondary N) is 1. The molecule has 0 saturated heterocycles. The molecule has 114 valence electrons. The number of rotatable bonds is 5. The summed E-state index contributed by atoms with van der Waals surface area (Å²) in [5.74, 6) is 0.388. The standard InChI is InChI=1S/C16H23BrN4/c1-16(2,3)18-11-13(12-8-6-5-7-9-12)10-14-15(17)19-20-21(14)4/h5-9,13,18H,10-11H2,1-4H3. The van der Waals surface area contributed by atoms with E-state index in [2.05, 4.69) is 82.7 Å². The molecule has 1 N–H and O–H groups in total. The third-order valence-electron chi connectivity index (χ3n) is 3.48. The van der Waals surface area contributed by atoms with Gasteiger partial charge in [-0.15, -0.1) is 5.10 Å². The molecule has 0 aliphatic rings. The van der Waals surface area contributed by atoms with E-state index in [9.17, 15) is 0 Å². The van der Waals surface area contributed by atoms with Crippen LogP contribution in [0.4, 0.5) is 0 Å². The summed E-state index contributed by atoms with van der Waals surface area (Å²) in [6.07, 6.45) is 0.900. The van der Waals surface area contributed by atoms with E-state index in [0.29, 0.717) is 5.92 Å². The average Bonchev–Trinajstić information content (AvgIpc) is 2.74. The highest BCUT2D eigenvalue weighted by molar-refractivity contribution is 9.10. The maximum atomic E-state index is 4.08. The number of aryl methyl sites for hydroxylation is 1. The zero-order valence-electron chi connectivity index (χ0n) is 13.1. The van der Waals surface area contributed by atoms with Gasteiger partial charge in [0, 0.05) is 31.5 Å². The van der Waals surface area contributed by atoms with Crippen LogP contribution >= 0.6 is 15.9 Å². The molecule has 5 heteroatoms. The minimum atomic E-state index is 0.106. The fourth-order valence-electron chi connectivity index (χ4n) is 2.26. The van der Waals surface area contributed by atoms with Gasteiger partial charge in [0.1, 0.15) is 0 Å². The normalized spacial score (nSPS) is 13.4. The van der Waals surface area contributed by atoms with Crippen LogP contribution in [0.2, 0.25) is 0 Å². The van der Waals surface area contributed by atoms with E-state index in [-0.39, 0.29) is 5.54 Å². The monoisotopic (exact) mass is 350 g/mol. The van der Waals surface area contributed by atoms with Crippen LogP contribution in [0.5, 0.6) is 0 Å². The predicted octanol–water partition coefficient (Wildman–Crippen LogP) is 3.29. The largest absolute Gasteiger partial charge is 0.311 e. The summed E-state index contributed by atoms with van der Waals surface area (Å²) >= 11 is 3.49. The van der Waals surface area contributed by atoms with Crippen LogP contribution in [0, 0.1) is 0 Å². The first-order chi connectivity index (χ1) is 9.87. The Bertz CT molecular complexity index is 552. The van der Waals surface area contributed by atoms with Crippen molar-refractivity contribution in [3.05, 3.63) is 46.2 Å². The fraction of sp³-hybridized carbons (Fsp3) is 0.500. The molecule has 0 fully saturated rings. The minimum absolute atomic E-state index is 0.106. The van der Waals surface area contributed by atoms with E-state index in [1.165, 1.54) is 5.56 Å². The lowest BCUT2D eigenvalue weighted by molar-refractivity contribution is 0.402. The highest BCUT2D eigenvalue weighted by Gasteiger charge is 2.19. The number of aromatic nitrogens is 3. The van der Waals surface area contributed by atoms with Gasteiger partial charge in [-0.05, 0) is 42.3 Å². The molecule has 21 heavy (non-hydrogen) atoms. The smallest absolute Gasteiger partial charge is 0.151 e. The molecule has 0 radical (unpaired) electrons. The molecule has 0 spiro atoms. The summed E-state index contributed by atoms with van der Waals surface area (Å²) in [6.45, 7) is 7.49. The van der Waals surface area contributed by atoms with Gasteiger partial charge in [-0.2, -0.15) is 0 Å². The number of nitrogens with zero attached hydrogens (tertiary/aromatic N) is 3. The van der Waals surface area contributed by atoms with Crippen molar-refractivity contribution >= 4 is 15.9 Å². The Morgan fingerprint density at radius 1 is 1.24 bits per heavy atom. The summed E-state index contributed by atoms with van der Waals surface area (Å²) in [7, 11) is 1.94. The maximum absolute atomic E-state index is 4.08. The van der Waals surface area contributed by atoms with Gasteiger partial charge in [-0.25, -0.2) is 0 Å². The van der Waals surface area contributed by atoms with Gasteiger partial charge in [-0.1, -0.05) is 35.5 Å². The Kier molecular flexibility index (Phi) is 5.17. The lowest BCUT2D eigenvalue weighted by Crippen LogP contribution is -2.39. The molecule has 1 heterocycles. The van der Waals surface area contributed by atoms with E-state index >= 15 is 0 Å². The van der Waals surface area contributed by atoms with Crippen molar-refractivity contribution in [2.24, 2.45) is 7.05 Å². The number of halogens is 1. The van der Waals surface area contributed by atoms with Gasteiger partial charge >= 0.3 is 0 Å².